The van der Waals surface area contributed by atoms with E-state index >= 15 is 0 Å². The Labute approximate surface area is 199 Å². The molecule has 7 nitrogen and oxygen atoms in total. The van der Waals surface area contributed by atoms with Gasteiger partial charge in [0.2, 0.25) is 0 Å². The van der Waals surface area contributed by atoms with Crippen LogP contribution in [0.1, 0.15) is 36.5 Å². The van der Waals surface area contributed by atoms with Crippen molar-refractivity contribution < 1.29 is 4.74 Å². The summed E-state index contributed by atoms with van der Waals surface area (Å²) in [7, 11) is 3.71. The molecule has 1 unspecified atom stereocenters. The molecular formula is C21H29IN6OS. The Kier molecular flexibility index (Phi) is 9.73. The second-order valence-electron chi connectivity index (χ2n) is 6.69. The fraction of sp³-hybridized carbons (Fsp3) is 0.381. The predicted molar refractivity (Wildman–Crippen MR) is 133 cm³/mol. The Hall–Kier alpha value is -1.98. The molecule has 9 heteroatoms. The van der Waals surface area contributed by atoms with Crippen LogP contribution in [0.2, 0.25) is 0 Å². The third-order valence-electron chi connectivity index (χ3n) is 4.46. The van der Waals surface area contributed by atoms with E-state index in [1.54, 1.807) is 18.4 Å². The first kappa shape index (κ1) is 24.3. The number of thiazole rings is 1. The first-order chi connectivity index (χ1) is 14.1. The number of hydrogen-bond acceptors (Lipinski definition) is 5. The van der Waals surface area contributed by atoms with Gasteiger partial charge in [-0.2, -0.15) is 0 Å². The third kappa shape index (κ3) is 6.51. The molecule has 0 amide bonds. The van der Waals surface area contributed by atoms with Crippen LogP contribution in [0.4, 0.5) is 0 Å². The van der Waals surface area contributed by atoms with Gasteiger partial charge in [-0.15, -0.1) is 35.3 Å². The van der Waals surface area contributed by atoms with E-state index in [4.69, 9.17) is 9.73 Å². The van der Waals surface area contributed by atoms with E-state index in [0.29, 0.717) is 13.1 Å². The van der Waals surface area contributed by atoms with Crippen molar-refractivity contribution in [2.24, 2.45) is 4.99 Å². The molecule has 30 heavy (non-hydrogen) atoms. The van der Waals surface area contributed by atoms with Gasteiger partial charge in [-0.25, -0.2) is 15.0 Å². The number of nitrogens with one attached hydrogen (secondary N) is 2. The molecule has 0 fully saturated rings. The number of halogens is 1. The number of nitrogens with zero attached hydrogens (tertiary/aromatic N) is 4. The Bertz CT molecular complexity index is 926. The molecule has 0 radical (unpaired) electrons. The number of guanidine groups is 1. The van der Waals surface area contributed by atoms with E-state index in [1.165, 1.54) is 0 Å². The average Bonchev–Trinajstić information content (AvgIpc) is 3.41. The van der Waals surface area contributed by atoms with Crippen LogP contribution in [0, 0.1) is 0 Å². The smallest absolute Gasteiger partial charge is 0.194 e. The number of ether oxygens (including phenoxy) is 1. The largest absolute Gasteiger partial charge is 0.375 e. The fourth-order valence-electron chi connectivity index (χ4n) is 2.83. The number of rotatable bonds is 8. The lowest BCUT2D eigenvalue weighted by Crippen LogP contribution is -2.38. The molecule has 0 aliphatic carbocycles. The first-order valence-corrected chi connectivity index (χ1v) is 10.5. The molecule has 0 aliphatic rings. The highest BCUT2D eigenvalue weighted by atomic mass is 127. The fourth-order valence-corrected chi connectivity index (χ4v) is 3.67. The molecule has 162 valence electrons. The molecule has 0 saturated heterocycles. The van der Waals surface area contributed by atoms with Gasteiger partial charge in [-0.3, -0.25) is 0 Å². The zero-order valence-corrected chi connectivity index (χ0v) is 20.9. The minimum absolute atomic E-state index is 0. The van der Waals surface area contributed by atoms with Crippen molar-refractivity contribution in [1.82, 2.24) is 25.2 Å². The number of hydrogen-bond donors (Lipinski definition) is 2. The lowest BCUT2D eigenvalue weighted by atomic mass is 10.2. The first-order valence-electron chi connectivity index (χ1n) is 9.66. The zero-order valence-electron chi connectivity index (χ0n) is 17.8. The van der Waals surface area contributed by atoms with E-state index in [1.807, 2.05) is 38.4 Å². The van der Waals surface area contributed by atoms with Gasteiger partial charge in [0.15, 0.2) is 5.96 Å². The van der Waals surface area contributed by atoms with E-state index in [0.717, 1.165) is 40.3 Å². The van der Waals surface area contributed by atoms with Gasteiger partial charge in [0.1, 0.15) is 23.5 Å². The maximum absolute atomic E-state index is 5.35. The summed E-state index contributed by atoms with van der Waals surface area (Å²) in [5.41, 5.74) is 3.12. The Balaban J connectivity index is 0.00000320. The molecule has 0 saturated carbocycles. The molecule has 2 aromatic heterocycles. The minimum Gasteiger partial charge on any atom is -0.375 e. The molecule has 1 atom stereocenters. The van der Waals surface area contributed by atoms with E-state index in [9.17, 15) is 0 Å². The third-order valence-corrected chi connectivity index (χ3v) is 5.51. The predicted octanol–water partition coefficient (Wildman–Crippen LogP) is 4.46. The molecule has 2 N–H and O–H groups in total. The van der Waals surface area contributed by atoms with E-state index < -0.39 is 0 Å². The molecule has 3 rings (SSSR count). The number of aromatic amines is 1. The quantitative estimate of drug-likeness (QED) is 0.251. The topological polar surface area (TPSA) is 78.4 Å². The standard InChI is InChI=1S/C21H28N6OS.HI/c1-5-22-21(27(3)13-17-14-29-20(25-17)15(2)28-4)24-12-19-23-11-18(26-19)16-9-7-6-8-10-16;/h6-11,14-15H,5,12-13H2,1-4H3,(H,22,24)(H,23,26);1H. The van der Waals surface area contributed by atoms with E-state index in [2.05, 4.69) is 49.6 Å². The summed E-state index contributed by atoms with van der Waals surface area (Å²) < 4.78 is 5.35. The second kappa shape index (κ2) is 12.0. The summed E-state index contributed by atoms with van der Waals surface area (Å²) in [5, 5.41) is 6.40. The van der Waals surface area contributed by atoms with Crippen LogP contribution < -0.4 is 5.32 Å². The Morgan fingerprint density at radius 1 is 1.33 bits per heavy atom. The number of aliphatic imine (C=N–C) groups is 1. The van der Waals surface area contributed by atoms with Crippen LogP contribution in [0.3, 0.4) is 0 Å². The van der Waals surface area contributed by atoms with E-state index in [-0.39, 0.29) is 30.1 Å². The highest BCUT2D eigenvalue weighted by Gasteiger charge is 2.13. The molecule has 0 spiro atoms. The highest BCUT2D eigenvalue weighted by molar-refractivity contribution is 14.0. The lowest BCUT2D eigenvalue weighted by Gasteiger charge is -2.21. The van der Waals surface area contributed by atoms with Crippen LogP contribution in [-0.2, 0) is 17.8 Å². The lowest BCUT2D eigenvalue weighted by molar-refractivity contribution is 0.119. The van der Waals surface area contributed by atoms with Gasteiger partial charge in [0, 0.05) is 26.1 Å². The highest BCUT2D eigenvalue weighted by Crippen LogP contribution is 2.21. The van der Waals surface area contributed by atoms with Crippen molar-refractivity contribution in [3.8, 4) is 11.3 Å². The zero-order chi connectivity index (χ0) is 20.6. The molecule has 3 aromatic rings. The van der Waals surface area contributed by atoms with Crippen molar-refractivity contribution >= 4 is 41.3 Å². The van der Waals surface area contributed by atoms with Crippen molar-refractivity contribution in [2.45, 2.75) is 33.0 Å². The van der Waals surface area contributed by atoms with Crippen LogP contribution >= 0.6 is 35.3 Å². The Morgan fingerprint density at radius 2 is 2.10 bits per heavy atom. The summed E-state index contributed by atoms with van der Waals surface area (Å²) in [6.07, 6.45) is 1.86. The van der Waals surface area contributed by atoms with Crippen molar-refractivity contribution in [3.05, 3.63) is 58.4 Å². The van der Waals surface area contributed by atoms with Crippen LogP contribution in [0.15, 0.2) is 46.9 Å². The van der Waals surface area contributed by atoms with Crippen molar-refractivity contribution in [3.63, 3.8) is 0 Å². The number of aromatic nitrogens is 3. The molecule has 1 aromatic carbocycles. The molecular weight excluding hydrogens is 511 g/mol. The summed E-state index contributed by atoms with van der Waals surface area (Å²) >= 11 is 1.62. The van der Waals surface area contributed by atoms with Crippen LogP contribution in [0.25, 0.3) is 11.3 Å². The van der Waals surface area contributed by atoms with Gasteiger partial charge < -0.3 is 19.9 Å². The van der Waals surface area contributed by atoms with Gasteiger partial charge in [0.25, 0.3) is 0 Å². The normalized spacial score (nSPS) is 12.3. The number of H-pyrrole nitrogens is 1. The minimum atomic E-state index is 0. The SMILES string of the molecule is CCNC(=NCc1ncc(-c2ccccc2)[nH]1)N(C)Cc1csc(C(C)OC)n1.I. The van der Waals surface area contributed by atoms with Gasteiger partial charge in [0.05, 0.1) is 24.1 Å². The number of imidazole rings is 1. The second-order valence-corrected chi connectivity index (χ2v) is 7.58. The monoisotopic (exact) mass is 540 g/mol. The summed E-state index contributed by atoms with van der Waals surface area (Å²) in [6.45, 7) is 6.00. The summed E-state index contributed by atoms with van der Waals surface area (Å²) in [4.78, 5) is 19.3. The van der Waals surface area contributed by atoms with Gasteiger partial charge >= 0.3 is 0 Å². The van der Waals surface area contributed by atoms with Crippen molar-refractivity contribution in [1.29, 1.82) is 0 Å². The average molecular weight is 540 g/mol. The number of benzene rings is 1. The van der Waals surface area contributed by atoms with Gasteiger partial charge in [-0.05, 0) is 19.4 Å². The summed E-state index contributed by atoms with van der Waals surface area (Å²) in [6, 6.07) is 10.2. The molecule has 0 bridgehead atoms. The Morgan fingerprint density at radius 3 is 2.80 bits per heavy atom. The molecule has 2 heterocycles. The number of methoxy groups -OCH3 is 1. The van der Waals surface area contributed by atoms with Crippen LogP contribution in [-0.4, -0.2) is 46.5 Å². The van der Waals surface area contributed by atoms with Crippen molar-refractivity contribution in [2.75, 3.05) is 20.7 Å². The van der Waals surface area contributed by atoms with Crippen LogP contribution in [0.5, 0.6) is 0 Å². The maximum Gasteiger partial charge on any atom is 0.194 e. The summed E-state index contributed by atoms with van der Waals surface area (Å²) in [5.74, 6) is 1.65. The molecule has 0 aliphatic heterocycles. The van der Waals surface area contributed by atoms with Gasteiger partial charge in [-0.1, -0.05) is 30.3 Å². The maximum atomic E-state index is 5.35.